The highest BCUT2D eigenvalue weighted by Crippen LogP contribution is 2.43. The second-order valence-corrected chi connectivity index (χ2v) is 18.9. The standard InChI is InChI=1S/C69H45N5/c1-2-10-46(11-3-1)47-18-20-48(21-19-47)51-30-33-70-67(45-51)50-24-22-49(23-25-50)59-12-4-7-15-62(59)56-42-57(63-16-8-5-13-60(63)52-26-28-65-54(40-52)31-36-73-38-34-71-68(65)73)44-58(43-56)64-17-9-6-14-61(64)53-27-29-66-55(41-53)32-37-74-39-35-72-69(66)74/h1-45H. The summed E-state index contributed by atoms with van der Waals surface area (Å²) in [4.78, 5) is 14.2. The number of aromatic nitrogens is 5. The fraction of sp³-hybridized carbons (Fsp3) is 0. The molecule has 0 bridgehead atoms. The van der Waals surface area contributed by atoms with Crippen molar-refractivity contribution in [3.63, 3.8) is 0 Å². The van der Waals surface area contributed by atoms with Gasteiger partial charge in [-0.3, -0.25) is 4.98 Å². The number of rotatable bonds is 9. The van der Waals surface area contributed by atoms with Crippen LogP contribution >= 0.6 is 0 Å². The summed E-state index contributed by atoms with van der Waals surface area (Å²) in [5, 5.41) is 4.56. The summed E-state index contributed by atoms with van der Waals surface area (Å²) >= 11 is 0. The molecule has 5 heteroatoms. The molecular weight excluding hydrogens is 899 g/mol. The molecule has 0 aliphatic rings. The van der Waals surface area contributed by atoms with E-state index in [4.69, 9.17) is 4.98 Å². The topological polar surface area (TPSA) is 47.5 Å². The van der Waals surface area contributed by atoms with E-state index < -0.39 is 0 Å². The number of fused-ring (bicyclic) bond motifs is 6. The SMILES string of the molecule is c1ccc(-c2ccc(-c3ccnc(-c4ccc(-c5ccccc5-c5cc(-c6ccccc6-c6ccc7c(ccn8ccnc78)c6)cc(-c6ccccc6-c6ccc7c(ccn8ccnc78)c6)c5)cc4)c3)cc2)cc1. The Labute approximate surface area is 428 Å². The first-order chi connectivity index (χ1) is 36.6. The molecule has 0 aliphatic heterocycles. The second kappa shape index (κ2) is 18.0. The van der Waals surface area contributed by atoms with E-state index in [0.29, 0.717) is 0 Å². The van der Waals surface area contributed by atoms with E-state index in [1.165, 1.54) is 22.3 Å². The second-order valence-electron chi connectivity index (χ2n) is 18.9. The summed E-state index contributed by atoms with van der Waals surface area (Å²) in [5.74, 6) is 0. The molecule has 0 N–H and O–H groups in total. The Morgan fingerprint density at radius 2 is 0.622 bits per heavy atom. The molecule has 0 saturated carbocycles. The van der Waals surface area contributed by atoms with Crippen LogP contribution in [0, 0.1) is 0 Å². The highest BCUT2D eigenvalue weighted by atomic mass is 15.0. The van der Waals surface area contributed by atoms with Crippen molar-refractivity contribution in [3.8, 4) is 100 Å². The average molecular weight is 944 g/mol. The molecule has 0 spiro atoms. The highest BCUT2D eigenvalue weighted by Gasteiger charge is 2.18. The van der Waals surface area contributed by atoms with E-state index in [-0.39, 0.29) is 0 Å². The lowest BCUT2D eigenvalue weighted by molar-refractivity contribution is 1.20. The molecule has 14 rings (SSSR count). The maximum atomic E-state index is 4.84. The van der Waals surface area contributed by atoms with E-state index in [9.17, 15) is 0 Å². The van der Waals surface area contributed by atoms with E-state index in [0.717, 1.165) is 111 Å². The molecule has 14 aromatic rings. The van der Waals surface area contributed by atoms with Crippen molar-refractivity contribution in [3.05, 3.63) is 274 Å². The van der Waals surface area contributed by atoms with Crippen LogP contribution in [-0.2, 0) is 0 Å². The first kappa shape index (κ1) is 42.9. The van der Waals surface area contributed by atoms with Crippen LogP contribution in [0.5, 0.6) is 0 Å². The number of benzene rings is 9. The van der Waals surface area contributed by atoms with Crippen LogP contribution < -0.4 is 0 Å². The van der Waals surface area contributed by atoms with Crippen molar-refractivity contribution in [1.29, 1.82) is 0 Å². The van der Waals surface area contributed by atoms with Crippen molar-refractivity contribution in [1.82, 2.24) is 23.8 Å². The Morgan fingerprint density at radius 1 is 0.230 bits per heavy atom. The summed E-state index contributed by atoms with van der Waals surface area (Å²) in [5.41, 5.74) is 22.4. The largest absolute Gasteiger partial charge is 0.307 e. The number of pyridine rings is 3. The Bertz CT molecular complexity index is 4240. The third kappa shape index (κ3) is 7.72. The number of nitrogens with zero attached hydrogens (tertiary/aromatic N) is 5. The minimum absolute atomic E-state index is 0.937. The normalized spacial score (nSPS) is 11.5. The maximum Gasteiger partial charge on any atom is 0.144 e. The highest BCUT2D eigenvalue weighted by molar-refractivity contribution is 6.01. The monoisotopic (exact) mass is 943 g/mol. The van der Waals surface area contributed by atoms with Crippen LogP contribution in [0.2, 0.25) is 0 Å². The van der Waals surface area contributed by atoms with Gasteiger partial charge < -0.3 is 8.80 Å². The van der Waals surface area contributed by atoms with Gasteiger partial charge in [-0.2, -0.15) is 0 Å². The van der Waals surface area contributed by atoms with Crippen molar-refractivity contribution in [2.45, 2.75) is 0 Å². The first-order valence-electron chi connectivity index (χ1n) is 25.0. The molecule has 0 fully saturated rings. The fourth-order valence-corrected chi connectivity index (χ4v) is 10.9. The van der Waals surface area contributed by atoms with Crippen molar-refractivity contribution in [2.24, 2.45) is 0 Å². The molecule has 0 amide bonds. The molecule has 0 saturated heterocycles. The van der Waals surface area contributed by atoms with Gasteiger partial charge in [-0.1, -0.05) is 176 Å². The molecule has 5 aromatic heterocycles. The number of imidazole rings is 2. The summed E-state index contributed by atoms with van der Waals surface area (Å²) in [7, 11) is 0. The molecule has 9 aromatic carbocycles. The van der Waals surface area contributed by atoms with Gasteiger partial charge in [0.05, 0.1) is 5.69 Å². The van der Waals surface area contributed by atoms with E-state index in [1.807, 2.05) is 31.0 Å². The van der Waals surface area contributed by atoms with Gasteiger partial charge in [-0.05, 0) is 154 Å². The Morgan fingerprint density at radius 3 is 1.12 bits per heavy atom. The lowest BCUT2D eigenvalue weighted by Gasteiger charge is -2.18. The molecule has 0 atom stereocenters. The van der Waals surface area contributed by atoms with Gasteiger partial charge in [0.25, 0.3) is 0 Å². The third-order valence-electron chi connectivity index (χ3n) is 14.6. The molecule has 5 nitrogen and oxygen atoms in total. The molecule has 0 unspecified atom stereocenters. The van der Waals surface area contributed by atoms with Gasteiger partial charge in [0.1, 0.15) is 11.3 Å². The van der Waals surface area contributed by atoms with Crippen LogP contribution in [-0.4, -0.2) is 23.8 Å². The summed E-state index contributed by atoms with van der Waals surface area (Å²) in [6, 6.07) is 83.9. The molecule has 5 heterocycles. The zero-order chi connectivity index (χ0) is 49.0. The molecule has 0 radical (unpaired) electrons. The smallest absolute Gasteiger partial charge is 0.144 e. The lowest BCUT2D eigenvalue weighted by Crippen LogP contribution is -1.93. The van der Waals surface area contributed by atoms with Gasteiger partial charge in [0, 0.05) is 59.7 Å². The van der Waals surface area contributed by atoms with Crippen LogP contribution in [0.1, 0.15) is 0 Å². The van der Waals surface area contributed by atoms with Crippen LogP contribution in [0.15, 0.2) is 274 Å². The minimum Gasteiger partial charge on any atom is -0.307 e. The number of hydrogen-bond acceptors (Lipinski definition) is 3. The molecule has 0 aliphatic carbocycles. The maximum absolute atomic E-state index is 4.84. The van der Waals surface area contributed by atoms with Crippen LogP contribution in [0.4, 0.5) is 0 Å². The minimum atomic E-state index is 0.937. The third-order valence-corrected chi connectivity index (χ3v) is 14.6. The van der Waals surface area contributed by atoms with E-state index >= 15 is 0 Å². The first-order valence-corrected chi connectivity index (χ1v) is 25.0. The number of hydrogen-bond donors (Lipinski definition) is 0. The van der Waals surface area contributed by atoms with Crippen LogP contribution in [0.3, 0.4) is 0 Å². The van der Waals surface area contributed by atoms with Gasteiger partial charge in [-0.25, -0.2) is 9.97 Å². The van der Waals surface area contributed by atoms with Crippen molar-refractivity contribution < 1.29 is 0 Å². The quantitative estimate of drug-likeness (QED) is 0.145. The van der Waals surface area contributed by atoms with Gasteiger partial charge in [-0.15, -0.1) is 0 Å². The summed E-state index contributed by atoms with van der Waals surface area (Å²) in [6.45, 7) is 0. The van der Waals surface area contributed by atoms with Crippen molar-refractivity contribution in [2.75, 3.05) is 0 Å². The average Bonchev–Trinajstić information content (AvgIpc) is 4.19. The van der Waals surface area contributed by atoms with Gasteiger partial charge in [0.2, 0.25) is 0 Å². The van der Waals surface area contributed by atoms with E-state index in [1.54, 1.807) is 0 Å². The Balaban J connectivity index is 0.876. The summed E-state index contributed by atoms with van der Waals surface area (Å²) < 4.78 is 4.15. The fourth-order valence-electron chi connectivity index (χ4n) is 10.9. The predicted octanol–water partition coefficient (Wildman–Crippen LogP) is 17.7. The van der Waals surface area contributed by atoms with Gasteiger partial charge >= 0.3 is 0 Å². The Hall–Kier alpha value is -9.97. The molecule has 74 heavy (non-hydrogen) atoms. The zero-order valence-corrected chi connectivity index (χ0v) is 40.2. The molecular formula is C69H45N5. The van der Waals surface area contributed by atoms with E-state index in [2.05, 4.69) is 262 Å². The van der Waals surface area contributed by atoms with Gasteiger partial charge in [0.15, 0.2) is 0 Å². The lowest BCUT2D eigenvalue weighted by atomic mass is 9.86. The summed E-state index contributed by atoms with van der Waals surface area (Å²) in [6.07, 6.45) is 13.8. The zero-order valence-electron chi connectivity index (χ0n) is 40.2. The van der Waals surface area contributed by atoms with Crippen LogP contribution in [0.25, 0.3) is 133 Å². The predicted molar refractivity (Wildman–Crippen MR) is 306 cm³/mol. The Kier molecular flexibility index (Phi) is 10.4. The molecule has 346 valence electrons. The van der Waals surface area contributed by atoms with Crippen molar-refractivity contribution >= 4 is 32.8 Å².